The van der Waals surface area contributed by atoms with Gasteiger partial charge in [-0.3, -0.25) is 4.79 Å². The Labute approximate surface area is 112 Å². The van der Waals surface area contributed by atoms with Crippen molar-refractivity contribution in [2.45, 2.75) is 25.7 Å². The summed E-state index contributed by atoms with van der Waals surface area (Å²) < 4.78 is 36.2. The van der Waals surface area contributed by atoms with Crippen LogP contribution in [-0.4, -0.2) is 32.3 Å². The van der Waals surface area contributed by atoms with E-state index < -0.39 is 21.7 Å². The molecule has 5 nitrogen and oxygen atoms in total. The van der Waals surface area contributed by atoms with Gasteiger partial charge in [-0.25, -0.2) is 17.9 Å². The third-order valence-electron chi connectivity index (χ3n) is 2.91. The van der Waals surface area contributed by atoms with Gasteiger partial charge in [-0.15, -0.1) is 0 Å². The molecule has 1 rings (SSSR count). The number of carbonyl (C=O) groups excluding carboxylic acids is 1. The van der Waals surface area contributed by atoms with Gasteiger partial charge in [0.25, 0.3) is 5.91 Å². The summed E-state index contributed by atoms with van der Waals surface area (Å²) in [5.41, 5.74) is 0.188. The topological polar surface area (TPSA) is 80.5 Å². The molecule has 0 aromatic heterocycles. The number of amides is 1. The lowest BCUT2D eigenvalue weighted by molar-refractivity contribution is 0.0771. The highest BCUT2D eigenvalue weighted by Crippen LogP contribution is 2.21. The van der Waals surface area contributed by atoms with Crippen LogP contribution in [0.2, 0.25) is 0 Å². The molecule has 0 aliphatic carbocycles. The molecule has 106 valence electrons. The molecule has 0 unspecified atom stereocenters. The summed E-state index contributed by atoms with van der Waals surface area (Å²) in [6.07, 6.45) is 0. The highest BCUT2D eigenvalue weighted by molar-refractivity contribution is 7.89. The Kier molecular flexibility index (Phi) is 4.65. The second-order valence-corrected chi connectivity index (χ2v) is 5.63. The van der Waals surface area contributed by atoms with Gasteiger partial charge in [0.1, 0.15) is 5.82 Å². The molecule has 1 aromatic rings. The van der Waals surface area contributed by atoms with E-state index in [2.05, 4.69) is 0 Å². The van der Waals surface area contributed by atoms with Crippen molar-refractivity contribution in [3.05, 3.63) is 29.1 Å². The number of hydrogen-bond acceptors (Lipinski definition) is 3. The maximum atomic E-state index is 13.5. The fourth-order valence-corrected chi connectivity index (χ4v) is 2.67. The molecule has 0 aliphatic heterocycles. The number of benzene rings is 1. The van der Waals surface area contributed by atoms with Crippen LogP contribution >= 0.6 is 0 Å². The first kappa shape index (κ1) is 15.6. The van der Waals surface area contributed by atoms with E-state index in [1.807, 2.05) is 0 Å². The van der Waals surface area contributed by atoms with E-state index in [9.17, 15) is 17.6 Å². The second kappa shape index (κ2) is 5.66. The minimum absolute atomic E-state index is 0.0210. The van der Waals surface area contributed by atoms with Crippen molar-refractivity contribution >= 4 is 15.9 Å². The molecule has 0 bridgehead atoms. The summed E-state index contributed by atoms with van der Waals surface area (Å²) in [6.45, 7) is 5.93. The van der Waals surface area contributed by atoms with E-state index in [0.29, 0.717) is 13.1 Å². The molecular weight excluding hydrogens is 271 g/mol. The van der Waals surface area contributed by atoms with Gasteiger partial charge in [0.15, 0.2) is 0 Å². The number of hydrogen-bond donors (Lipinski definition) is 1. The van der Waals surface area contributed by atoms with Crippen molar-refractivity contribution in [3.8, 4) is 0 Å². The van der Waals surface area contributed by atoms with Gasteiger partial charge in [0.2, 0.25) is 10.0 Å². The zero-order chi connectivity index (χ0) is 14.8. The lowest BCUT2D eigenvalue weighted by Crippen LogP contribution is -2.31. The van der Waals surface area contributed by atoms with Gasteiger partial charge in [0, 0.05) is 18.7 Å². The lowest BCUT2D eigenvalue weighted by Gasteiger charge is -2.20. The van der Waals surface area contributed by atoms with Crippen molar-refractivity contribution in [1.82, 2.24) is 4.90 Å². The first-order chi connectivity index (χ1) is 8.72. The monoisotopic (exact) mass is 288 g/mol. The summed E-state index contributed by atoms with van der Waals surface area (Å²) in [7, 11) is -4.06. The molecule has 19 heavy (non-hydrogen) atoms. The first-order valence-electron chi connectivity index (χ1n) is 5.84. The van der Waals surface area contributed by atoms with Gasteiger partial charge in [0.05, 0.1) is 4.90 Å². The van der Waals surface area contributed by atoms with Gasteiger partial charge >= 0.3 is 0 Å². The Hall–Kier alpha value is -1.47. The zero-order valence-electron chi connectivity index (χ0n) is 11.1. The molecule has 1 aromatic carbocycles. The first-order valence-corrected chi connectivity index (χ1v) is 7.39. The summed E-state index contributed by atoms with van der Waals surface area (Å²) in [5.74, 6) is -1.21. The van der Waals surface area contributed by atoms with E-state index in [0.717, 1.165) is 12.1 Å². The van der Waals surface area contributed by atoms with Crippen LogP contribution in [0.1, 0.15) is 29.8 Å². The molecule has 0 heterocycles. The van der Waals surface area contributed by atoms with E-state index in [1.54, 1.807) is 13.8 Å². The molecule has 2 N–H and O–H groups in total. The minimum atomic E-state index is -4.06. The molecule has 0 fully saturated rings. The second-order valence-electron chi connectivity index (χ2n) is 4.10. The third-order valence-corrected chi connectivity index (χ3v) is 3.95. The van der Waals surface area contributed by atoms with E-state index in [-0.39, 0.29) is 16.0 Å². The molecule has 0 saturated carbocycles. The molecule has 0 radical (unpaired) electrons. The molecule has 7 heteroatoms. The number of halogens is 1. The van der Waals surface area contributed by atoms with Crippen LogP contribution < -0.4 is 5.14 Å². The Balaban J connectivity index is 3.46. The summed E-state index contributed by atoms with van der Waals surface area (Å²) in [5, 5.41) is 5.02. The summed E-state index contributed by atoms with van der Waals surface area (Å²) in [6, 6.07) is 1.86. The van der Waals surface area contributed by atoms with Gasteiger partial charge in [-0.05, 0) is 38.5 Å². The highest BCUT2D eigenvalue weighted by Gasteiger charge is 2.22. The summed E-state index contributed by atoms with van der Waals surface area (Å²) >= 11 is 0. The predicted octanol–water partition coefficient (Wildman–Crippen LogP) is 1.26. The van der Waals surface area contributed by atoms with Crippen molar-refractivity contribution in [2.24, 2.45) is 5.14 Å². The minimum Gasteiger partial charge on any atom is -0.339 e. The van der Waals surface area contributed by atoms with Crippen LogP contribution in [-0.2, 0) is 10.0 Å². The largest absolute Gasteiger partial charge is 0.339 e. The fraction of sp³-hybridized carbons (Fsp3) is 0.417. The number of rotatable bonds is 4. The molecule has 0 atom stereocenters. The average Bonchev–Trinajstić information content (AvgIpc) is 2.31. The van der Waals surface area contributed by atoms with E-state index in [1.165, 1.54) is 11.8 Å². The van der Waals surface area contributed by atoms with Gasteiger partial charge < -0.3 is 4.90 Å². The standard InChI is InChI=1S/C12H17FN2O3S/c1-4-15(5-2)12(16)10-6-9(13)7-11(8(10)3)19(14,17)18/h6-7H,4-5H2,1-3H3,(H2,14,17,18). The van der Waals surface area contributed by atoms with Crippen LogP contribution in [0.3, 0.4) is 0 Å². The van der Waals surface area contributed by atoms with Crippen LogP contribution in [0, 0.1) is 12.7 Å². The van der Waals surface area contributed by atoms with Crippen LogP contribution in [0.15, 0.2) is 17.0 Å². The van der Waals surface area contributed by atoms with E-state index >= 15 is 0 Å². The predicted molar refractivity (Wildman–Crippen MR) is 69.8 cm³/mol. The molecule has 0 spiro atoms. The van der Waals surface area contributed by atoms with Crippen molar-refractivity contribution < 1.29 is 17.6 Å². The molecule has 0 aliphatic rings. The Morgan fingerprint density at radius 1 is 1.32 bits per heavy atom. The number of nitrogens with zero attached hydrogens (tertiary/aromatic N) is 1. The third kappa shape index (κ3) is 3.30. The fourth-order valence-electron chi connectivity index (χ4n) is 1.85. The highest BCUT2D eigenvalue weighted by atomic mass is 32.2. The lowest BCUT2D eigenvalue weighted by atomic mass is 10.1. The molecule has 0 saturated heterocycles. The van der Waals surface area contributed by atoms with Gasteiger partial charge in [-0.2, -0.15) is 0 Å². The van der Waals surface area contributed by atoms with Crippen molar-refractivity contribution in [3.63, 3.8) is 0 Å². The number of sulfonamides is 1. The Morgan fingerprint density at radius 2 is 1.84 bits per heavy atom. The van der Waals surface area contributed by atoms with Crippen LogP contribution in [0.4, 0.5) is 4.39 Å². The van der Waals surface area contributed by atoms with Crippen molar-refractivity contribution in [1.29, 1.82) is 0 Å². The van der Waals surface area contributed by atoms with Crippen molar-refractivity contribution in [2.75, 3.05) is 13.1 Å². The SMILES string of the molecule is CCN(CC)C(=O)c1cc(F)cc(S(N)(=O)=O)c1C. The Bertz CT molecular complexity index is 595. The van der Waals surface area contributed by atoms with Crippen LogP contribution in [0.25, 0.3) is 0 Å². The normalized spacial score (nSPS) is 11.4. The number of primary sulfonamides is 1. The van der Waals surface area contributed by atoms with E-state index in [4.69, 9.17) is 5.14 Å². The average molecular weight is 288 g/mol. The zero-order valence-corrected chi connectivity index (χ0v) is 11.9. The quantitative estimate of drug-likeness (QED) is 0.905. The summed E-state index contributed by atoms with van der Waals surface area (Å²) in [4.78, 5) is 13.3. The molecular formula is C12H17FN2O3S. The maximum Gasteiger partial charge on any atom is 0.254 e. The van der Waals surface area contributed by atoms with Gasteiger partial charge in [-0.1, -0.05) is 0 Å². The Morgan fingerprint density at radius 3 is 2.26 bits per heavy atom. The maximum absolute atomic E-state index is 13.5. The number of carbonyl (C=O) groups is 1. The molecule has 1 amide bonds. The smallest absolute Gasteiger partial charge is 0.254 e. The number of nitrogens with two attached hydrogens (primary N) is 1. The van der Waals surface area contributed by atoms with Crippen LogP contribution in [0.5, 0.6) is 0 Å².